The molecule has 1 N–H and O–H groups in total. The summed E-state index contributed by atoms with van der Waals surface area (Å²) in [6.07, 6.45) is 4.41. The number of rotatable bonds is 5. The highest BCUT2D eigenvalue weighted by Gasteiger charge is 2.15. The largest absolute Gasteiger partial charge is 0.350 e. The number of carbonyl (C=O) groups excluding carboxylic acids is 1. The van der Waals surface area contributed by atoms with Crippen LogP contribution in [0.25, 0.3) is 11.4 Å². The summed E-state index contributed by atoms with van der Waals surface area (Å²) in [5, 5.41) is 7.34. The van der Waals surface area contributed by atoms with Crippen molar-refractivity contribution in [2.24, 2.45) is 14.1 Å². The Morgan fingerprint density at radius 2 is 2.09 bits per heavy atom. The minimum atomic E-state index is -0.128. The smallest absolute Gasteiger partial charge is 0.269 e. The number of hydrogen-bond acceptors (Lipinski definition) is 3. The Kier molecular flexibility index (Phi) is 4.23. The molecule has 0 aromatic carbocycles. The molecule has 0 aliphatic carbocycles. The molecule has 0 atom stereocenters. The maximum atomic E-state index is 12.3. The number of amides is 1. The Bertz CT molecular complexity index is 804. The fourth-order valence-electron chi connectivity index (χ4n) is 2.47. The first kappa shape index (κ1) is 15.0. The van der Waals surface area contributed by atoms with E-state index in [1.165, 1.54) is 0 Å². The summed E-state index contributed by atoms with van der Waals surface area (Å²) >= 11 is 0. The lowest BCUT2D eigenvalue weighted by Crippen LogP contribution is -2.27. The number of pyridine rings is 1. The quantitative estimate of drug-likeness (QED) is 0.781. The summed E-state index contributed by atoms with van der Waals surface area (Å²) in [5.41, 5.74) is 3.27. The van der Waals surface area contributed by atoms with Crippen LogP contribution in [-0.2, 0) is 20.5 Å². The fraction of sp³-hybridized carbons (Fsp3) is 0.235. The zero-order chi connectivity index (χ0) is 16.2. The van der Waals surface area contributed by atoms with E-state index in [4.69, 9.17) is 0 Å². The molecule has 0 bridgehead atoms. The van der Waals surface area contributed by atoms with Crippen LogP contribution in [0.4, 0.5) is 0 Å². The average molecular weight is 309 g/mol. The molecule has 3 aromatic rings. The van der Waals surface area contributed by atoms with Gasteiger partial charge < -0.3 is 9.88 Å². The average Bonchev–Trinajstić information content (AvgIpc) is 3.14. The van der Waals surface area contributed by atoms with E-state index in [1.807, 2.05) is 54.2 Å². The van der Waals surface area contributed by atoms with E-state index in [0.717, 1.165) is 17.1 Å². The number of nitrogens with one attached hydrogen (secondary N) is 1. The zero-order valence-electron chi connectivity index (χ0n) is 13.2. The molecule has 0 fully saturated rings. The van der Waals surface area contributed by atoms with Gasteiger partial charge in [0, 0.05) is 45.1 Å². The van der Waals surface area contributed by atoms with Gasteiger partial charge in [-0.3, -0.25) is 14.5 Å². The molecule has 0 saturated heterocycles. The number of nitrogens with zero attached hydrogens (tertiary/aromatic N) is 4. The summed E-state index contributed by atoms with van der Waals surface area (Å²) < 4.78 is 3.59. The van der Waals surface area contributed by atoms with Gasteiger partial charge in [0.05, 0.1) is 5.69 Å². The van der Waals surface area contributed by atoms with E-state index in [1.54, 1.807) is 17.9 Å². The van der Waals surface area contributed by atoms with Crippen molar-refractivity contribution >= 4 is 5.91 Å². The standard InChI is InChI=1S/C17H19N5O/c1-21-11-5-7-15(21)14-12-16(22(2)20-14)17(23)19-10-8-13-6-3-4-9-18-13/h3-7,9,11-12H,8,10H2,1-2H3,(H,19,23). The Morgan fingerprint density at radius 1 is 1.22 bits per heavy atom. The van der Waals surface area contributed by atoms with Crippen molar-refractivity contribution in [1.82, 2.24) is 24.6 Å². The monoisotopic (exact) mass is 309 g/mol. The van der Waals surface area contributed by atoms with Gasteiger partial charge in [-0.05, 0) is 30.3 Å². The van der Waals surface area contributed by atoms with Gasteiger partial charge in [0.2, 0.25) is 0 Å². The van der Waals surface area contributed by atoms with Crippen molar-refractivity contribution in [2.75, 3.05) is 6.54 Å². The van der Waals surface area contributed by atoms with E-state index in [-0.39, 0.29) is 5.91 Å². The molecule has 3 rings (SSSR count). The summed E-state index contributed by atoms with van der Waals surface area (Å²) in [6.45, 7) is 0.542. The SMILES string of the molecule is Cn1cccc1-c1cc(C(=O)NCCc2ccccn2)n(C)n1. The van der Waals surface area contributed by atoms with Crippen LogP contribution in [0.15, 0.2) is 48.8 Å². The normalized spacial score (nSPS) is 10.7. The Labute approximate surface area is 134 Å². The number of carbonyl (C=O) groups is 1. The van der Waals surface area contributed by atoms with E-state index in [2.05, 4.69) is 15.4 Å². The first-order valence-corrected chi connectivity index (χ1v) is 7.49. The van der Waals surface area contributed by atoms with Crippen molar-refractivity contribution in [3.8, 4) is 11.4 Å². The molecular weight excluding hydrogens is 290 g/mol. The van der Waals surface area contributed by atoms with Crippen LogP contribution in [0.5, 0.6) is 0 Å². The van der Waals surface area contributed by atoms with Crippen LogP contribution in [0.1, 0.15) is 16.2 Å². The molecule has 0 spiro atoms. The molecule has 0 radical (unpaired) electrons. The lowest BCUT2D eigenvalue weighted by Gasteiger charge is -2.04. The van der Waals surface area contributed by atoms with E-state index >= 15 is 0 Å². The van der Waals surface area contributed by atoms with Crippen LogP contribution in [0.3, 0.4) is 0 Å². The topological polar surface area (TPSA) is 64.7 Å². The van der Waals surface area contributed by atoms with Crippen LogP contribution >= 0.6 is 0 Å². The molecule has 23 heavy (non-hydrogen) atoms. The van der Waals surface area contributed by atoms with Gasteiger partial charge in [0.25, 0.3) is 5.91 Å². The minimum Gasteiger partial charge on any atom is -0.350 e. The van der Waals surface area contributed by atoms with E-state index in [0.29, 0.717) is 18.7 Å². The predicted octanol–water partition coefficient (Wildman–Crippen LogP) is 1.79. The first-order valence-electron chi connectivity index (χ1n) is 7.49. The number of aryl methyl sites for hydroxylation is 2. The van der Waals surface area contributed by atoms with Crippen LogP contribution in [0.2, 0.25) is 0 Å². The van der Waals surface area contributed by atoms with Crippen molar-refractivity contribution in [2.45, 2.75) is 6.42 Å². The third kappa shape index (κ3) is 3.31. The molecule has 3 heterocycles. The van der Waals surface area contributed by atoms with Gasteiger partial charge in [-0.2, -0.15) is 5.10 Å². The lowest BCUT2D eigenvalue weighted by molar-refractivity contribution is 0.0944. The summed E-state index contributed by atoms with van der Waals surface area (Å²) in [7, 11) is 3.73. The van der Waals surface area contributed by atoms with E-state index in [9.17, 15) is 4.79 Å². The van der Waals surface area contributed by atoms with Gasteiger partial charge in [-0.15, -0.1) is 0 Å². The molecule has 118 valence electrons. The molecule has 0 aliphatic heterocycles. The van der Waals surface area contributed by atoms with Gasteiger partial charge in [0.15, 0.2) is 0 Å². The molecule has 0 aliphatic rings. The second-order valence-corrected chi connectivity index (χ2v) is 5.37. The van der Waals surface area contributed by atoms with Crippen LogP contribution in [0, 0.1) is 0 Å². The van der Waals surface area contributed by atoms with Gasteiger partial charge in [0.1, 0.15) is 11.4 Å². The Morgan fingerprint density at radius 3 is 2.78 bits per heavy atom. The Balaban J connectivity index is 1.66. The summed E-state index contributed by atoms with van der Waals surface area (Å²) in [5.74, 6) is -0.128. The fourth-order valence-corrected chi connectivity index (χ4v) is 2.47. The molecule has 6 heteroatoms. The number of aromatic nitrogens is 4. The summed E-state index contributed by atoms with van der Waals surface area (Å²) in [6, 6.07) is 11.5. The first-order chi connectivity index (χ1) is 11.1. The molecule has 1 amide bonds. The highest BCUT2D eigenvalue weighted by Crippen LogP contribution is 2.18. The maximum Gasteiger partial charge on any atom is 0.269 e. The van der Waals surface area contributed by atoms with E-state index < -0.39 is 0 Å². The molecular formula is C17H19N5O. The van der Waals surface area contributed by atoms with Crippen molar-refractivity contribution in [3.05, 3.63) is 60.2 Å². The number of hydrogen-bond donors (Lipinski definition) is 1. The second kappa shape index (κ2) is 6.48. The molecule has 3 aromatic heterocycles. The van der Waals surface area contributed by atoms with Crippen molar-refractivity contribution < 1.29 is 4.79 Å². The van der Waals surface area contributed by atoms with Crippen LogP contribution in [-0.4, -0.2) is 31.8 Å². The molecule has 6 nitrogen and oxygen atoms in total. The van der Waals surface area contributed by atoms with Crippen LogP contribution < -0.4 is 5.32 Å². The van der Waals surface area contributed by atoms with Crippen molar-refractivity contribution in [3.63, 3.8) is 0 Å². The minimum absolute atomic E-state index is 0.128. The zero-order valence-corrected chi connectivity index (χ0v) is 13.2. The molecule has 0 unspecified atom stereocenters. The highest BCUT2D eigenvalue weighted by atomic mass is 16.2. The highest BCUT2D eigenvalue weighted by molar-refractivity contribution is 5.93. The molecule has 0 saturated carbocycles. The Hall–Kier alpha value is -2.89. The second-order valence-electron chi connectivity index (χ2n) is 5.37. The summed E-state index contributed by atoms with van der Waals surface area (Å²) in [4.78, 5) is 16.6. The predicted molar refractivity (Wildman–Crippen MR) is 87.9 cm³/mol. The van der Waals surface area contributed by atoms with Crippen molar-refractivity contribution in [1.29, 1.82) is 0 Å². The van der Waals surface area contributed by atoms with Gasteiger partial charge in [-0.25, -0.2) is 0 Å². The van der Waals surface area contributed by atoms with Gasteiger partial charge in [-0.1, -0.05) is 6.07 Å². The maximum absolute atomic E-state index is 12.3. The third-order valence-electron chi connectivity index (χ3n) is 3.71. The van der Waals surface area contributed by atoms with Gasteiger partial charge >= 0.3 is 0 Å². The third-order valence-corrected chi connectivity index (χ3v) is 3.71. The lowest BCUT2D eigenvalue weighted by atomic mass is 10.2.